The molecule has 0 saturated heterocycles. The number of amides is 1. The van der Waals surface area contributed by atoms with E-state index in [0.29, 0.717) is 37.9 Å². The first-order chi connectivity index (χ1) is 13.8. The normalized spacial score (nSPS) is 15.4. The smallest absolute Gasteiger partial charge is 0.262 e. The summed E-state index contributed by atoms with van der Waals surface area (Å²) in [5.74, 6) is 0.878. The van der Waals surface area contributed by atoms with Gasteiger partial charge in [0.15, 0.2) is 0 Å². The zero-order valence-corrected chi connectivity index (χ0v) is 18.5. The molecule has 8 heteroatoms. The van der Waals surface area contributed by atoms with Crippen LogP contribution in [0.3, 0.4) is 0 Å². The third-order valence-electron chi connectivity index (χ3n) is 6.08. The van der Waals surface area contributed by atoms with Crippen LogP contribution in [0.25, 0.3) is 10.2 Å². The molecular formula is C21H27N5O2S. The van der Waals surface area contributed by atoms with Gasteiger partial charge in [-0.3, -0.25) is 18.8 Å². The van der Waals surface area contributed by atoms with Crippen LogP contribution < -0.4 is 5.56 Å². The fourth-order valence-electron chi connectivity index (χ4n) is 4.08. The Bertz CT molecular complexity index is 1160. The second-order valence-corrected chi connectivity index (χ2v) is 8.87. The molecule has 3 aromatic heterocycles. The molecule has 0 spiro atoms. The topological polar surface area (TPSA) is 73.0 Å². The van der Waals surface area contributed by atoms with E-state index in [-0.39, 0.29) is 17.5 Å². The molecule has 0 radical (unpaired) electrons. The molecule has 7 nitrogen and oxygen atoms in total. The van der Waals surface area contributed by atoms with Crippen molar-refractivity contribution in [1.29, 1.82) is 0 Å². The summed E-state index contributed by atoms with van der Waals surface area (Å²) in [6, 6.07) is -0.00522. The molecule has 0 bridgehead atoms. The van der Waals surface area contributed by atoms with Crippen LogP contribution in [0.2, 0.25) is 0 Å². The van der Waals surface area contributed by atoms with Crippen LogP contribution in [-0.4, -0.2) is 43.2 Å². The number of carbonyl (C=O) groups is 1. The van der Waals surface area contributed by atoms with Crippen LogP contribution in [0.5, 0.6) is 0 Å². The average Bonchev–Trinajstić information content (AvgIpc) is 3.07. The molecule has 1 unspecified atom stereocenters. The van der Waals surface area contributed by atoms with Crippen molar-refractivity contribution in [2.45, 2.75) is 60.0 Å². The first-order valence-corrected chi connectivity index (χ1v) is 10.9. The predicted octanol–water partition coefficient (Wildman–Crippen LogP) is 2.92. The minimum absolute atomic E-state index is 0.00522. The molecule has 0 N–H and O–H groups in total. The highest BCUT2D eigenvalue weighted by molar-refractivity contribution is 7.16. The number of nitrogens with zero attached hydrogens (tertiary/aromatic N) is 5. The van der Waals surface area contributed by atoms with Crippen molar-refractivity contribution in [1.82, 2.24) is 24.2 Å². The van der Waals surface area contributed by atoms with E-state index in [4.69, 9.17) is 4.98 Å². The van der Waals surface area contributed by atoms with Gasteiger partial charge in [-0.2, -0.15) is 5.10 Å². The highest BCUT2D eigenvalue weighted by Crippen LogP contribution is 2.22. The number of thiophene rings is 1. The fraction of sp³-hybridized carbons (Fsp3) is 0.524. The summed E-state index contributed by atoms with van der Waals surface area (Å²) in [7, 11) is 0. The molecule has 154 valence electrons. The standard InChI is InChI=1S/C21H27N5O2S/c1-12-11-29-20-19(12)21(28)25-9-8-24(7-6-17(25)22-20)18(27)10-13(2)26-16(5)14(3)15(4)23-26/h11,13H,6-10H2,1-5H3. The van der Waals surface area contributed by atoms with Crippen LogP contribution in [-0.2, 0) is 17.8 Å². The molecule has 0 fully saturated rings. The molecule has 0 saturated carbocycles. The average molecular weight is 414 g/mol. The van der Waals surface area contributed by atoms with E-state index in [9.17, 15) is 9.59 Å². The number of hydrogen-bond donors (Lipinski definition) is 0. The summed E-state index contributed by atoms with van der Waals surface area (Å²) < 4.78 is 3.71. The van der Waals surface area contributed by atoms with Crippen molar-refractivity contribution >= 4 is 27.5 Å². The maximum absolute atomic E-state index is 13.0. The minimum Gasteiger partial charge on any atom is -0.340 e. The largest absolute Gasteiger partial charge is 0.340 e. The van der Waals surface area contributed by atoms with Gasteiger partial charge in [0.05, 0.1) is 17.1 Å². The van der Waals surface area contributed by atoms with E-state index < -0.39 is 0 Å². The lowest BCUT2D eigenvalue weighted by Gasteiger charge is -2.22. The second-order valence-electron chi connectivity index (χ2n) is 8.01. The number of aryl methyl sites for hydroxylation is 2. The highest BCUT2D eigenvalue weighted by Gasteiger charge is 2.24. The van der Waals surface area contributed by atoms with Crippen molar-refractivity contribution < 1.29 is 4.79 Å². The van der Waals surface area contributed by atoms with E-state index in [1.165, 1.54) is 16.9 Å². The highest BCUT2D eigenvalue weighted by atomic mass is 32.1. The number of fused-ring (bicyclic) bond motifs is 2. The van der Waals surface area contributed by atoms with Crippen molar-refractivity contribution in [3.8, 4) is 0 Å². The number of aromatic nitrogens is 4. The van der Waals surface area contributed by atoms with Gasteiger partial charge in [0.25, 0.3) is 5.56 Å². The van der Waals surface area contributed by atoms with Crippen molar-refractivity contribution in [3.63, 3.8) is 0 Å². The van der Waals surface area contributed by atoms with Crippen molar-refractivity contribution in [2.75, 3.05) is 13.1 Å². The van der Waals surface area contributed by atoms with E-state index >= 15 is 0 Å². The molecule has 4 heterocycles. The second kappa shape index (κ2) is 7.40. The number of carbonyl (C=O) groups excluding carboxylic acids is 1. The molecule has 1 amide bonds. The molecule has 1 aliphatic heterocycles. The predicted molar refractivity (Wildman–Crippen MR) is 115 cm³/mol. The summed E-state index contributed by atoms with van der Waals surface area (Å²) in [4.78, 5) is 33.3. The Hall–Kier alpha value is -2.48. The van der Waals surface area contributed by atoms with Crippen LogP contribution in [0.4, 0.5) is 0 Å². The van der Waals surface area contributed by atoms with E-state index in [2.05, 4.69) is 12.0 Å². The zero-order valence-electron chi connectivity index (χ0n) is 17.7. The van der Waals surface area contributed by atoms with Crippen LogP contribution in [0.15, 0.2) is 10.2 Å². The third-order valence-corrected chi connectivity index (χ3v) is 7.07. The molecular weight excluding hydrogens is 386 g/mol. The number of hydrogen-bond acceptors (Lipinski definition) is 5. The Morgan fingerprint density at radius 2 is 1.97 bits per heavy atom. The maximum atomic E-state index is 13.0. The summed E-state index contributed by atoms with van der Waals surface area (Å²) >= 11 is 1.51. The Labute approximate surface area is 174 Å². The summed E-state index contributed by atoms with van der Waals surface area (Å²) in [5, 5.41) is 7.29. The molecule has 1 aliphatic rings. The molecule has 29 heavy (non-hydrogen) atoms. The lowest BCUT2D eigenvalue weighted by molar-refractivity contribution is -0.132. The Balaban J connectivity index is 1.51. The van der Waals surface area contributed by atoms with Crippen molar-refractivity contribution in [2.24, 2.45) is 0 Å². The molecule has 0 aliphatic carbocycles. The lowest BCUT2D eigenvalue weighted by Crippen LogP contribution is -2.35. The van der Waals surface area contributed by atoms with Gasteiger partial charge in [-0.1, -0.05) is 0 Å². The first-order valence-electron chi connectivity index (χ1n) is 10.1. The van der Waals surface area contributed by atoms with E-state index in [1.54, 1.807) is 4.57 Å². The van der Waals surface area contributed by atoms with Gasteiger partial charge in [0.1, 0.15) is 10.7 Å². The molecule has 0 aromatic carbocycles. The maximum Gasteiger partial charge on any atom is 0.262 e. The first kappa shape index (κ1) is 19.8. The van der Waals surface area contributed by atoms with Crippen LogP contribution in [0.1, 0.15) is 47.7 Å². The minimum atomic E-state index is -0.00522. The monoisotopic (exact) mass is 413 g/mol. The van der Waals surface area contributed by atoms with E-state index in [0.717, 1.165) is 27.6 Å². The Kier molecular flexibility index (Phi) is 5.06. The van der Waals surface area contributed by atoms with Gasteiger partial charge >= 0.3 is 0 Å². The Morgan fingerprint density at radius 1 is 1.21 bits per heavy atom. The lowest BCUT2D eigenvalue weighted by atomic mass is 10.2. The van der Waals surface area contributed by atoms with Crippen LogP contribution >= 0.6 is 11.3 Å². The van der Waals surface area contributed by atoms with Gasteiger partial charge in [-0.25, -0.2) is 4.98 Å². The number of rotatable bonds is 3. The van der Waals surface area contributed by atoms with Gasteiger partial charge in [0, 0.05) is 38.2 Å². The van der Waals surface area contributed by atoms with Crippen molar-refractivity contribution in [3.05, 3.63) is 44.1 Å². The zero-order chi connectivity index (χ0) is 20.9. The summed E-state index contributed by atoms with van der Waals surface area (Å²) in [5.41, 5.74) is 4.29. The molecule has 4 rings (SSSR count). The van der Waals surface area contributed by atoms with E-state index in [1.807, 2.05) is 42.7 Å². The van der Waals surface area contributed by atoms with Gasteiger partial charge in [-0.15, -0.1) is 11.3 Å². The SMILES string of the molecule is Cc1nn(C(C)CC(=O)N2CCc3nc4scc(C)c4c(=O)n3CC2)c(C)c1C. The summed E-state index contributed by atoms with van der Waals surface area (Å²) in [6.45, 7) is 11.7. The fourth-order valence-corrected chi connectivity index (χ4v) is 5.01. The molecule has 1 atom stereocenters. The quantitative estimate of drug-likeness (QED) is 0.662. The Morgan fingerprint density at radius 3 is 2.66 bits per heavy atom. The van der Waals surface area contributed by atoms with Gasteiger partial charge in [0.2, 0.25) is 5.91 Å². The van der Waals surface area contributed by atoms with Gasteiger partial charge in [-0.05, 0) is 51.1 Å². The molecule has 3 aromatic rings. The van der Waals surface area contributed by atoms with Crippen LogP contribution in [0, 0.1) is 27.7 Å². The summed E-state index contributed by atoms with van der Waals surface area (Å²) in [6.07, 6.45) is 0.996. The third kappa shape index (κ3) is 3.39. The van der Waals surface area contributed by atoms with Gasteiger partial charge < -0.3 is 4.90 Å².